The predicted molar refractivity (Wildman–Crippen MR) is 85.0 cm³/mol. The fourth-order valence-corrected chi connectivity index (χ4v) is 2.69. The lowest BCUT2D eigenvalue weighted by Gasteiger charge is -2.38. The van der Waals surface area contributed by atoms with E-state index in [0.717, 1.165) is 12.8 Å². The number of amides is 1. The van der Waals surface area contributed by atoms with Gasteiger partial charge in [-0.15, -0.1) is 0 Å². The normalized spacial score (nSPS) is 21.8. The molecule has 126 valence electrons. The third kappa shape index (κ3) is 4.40. The van der Waals surface area contributed by atoms with Gasteiger partial charge in [0.25, 0.3) is 5.69 Å². The Balaban J connectivity index is 2.22. The Bertz CT molecular complexity index is 580. The van der Waals surface area contributed by atoms with Crippen molar-refractivity contribution in [1.82, 2.24) is 9.88 Å². The number of piperidine rings is 1. The SMILES string of the molecule is CC1CC[C@H](c2ccc([N+](=O)[O-])cn2)N(C(=O)OC(C)(C)C)C1. The Morgan fingerprint density at radius 1 is 1.39 bits per heavy atom. The van der Waals surface area contributed by atoms with Crippen molar-refractivity contribution in [1.29, 1.82) is 0 Å². The summed E-state index contributed by atoms with van der Waals surface area (Å²) in [5, 5.41) is 10.7. The number of pyridine rings is 1. The molecule has 2 heterocycles. The lowest BCUT2D eigenvalue weighted by Crippen LogP contribution is -2.44. The van der Waals surface area contributed by atoms with E-state index in [2.05, 4.69) is 11.9 Å². The standard InChI is InChI=1S/C16H23N3O4/c1-11-5-8-14(13-7-6-12(9-17-13)19(21)22)18(10-11)15(20)23-16(2,3)4/h6-7,9,11,14H,5,8,10H2,1-4H3/t11?,14-/m1/s1. The summed E-state index contributed by atoms with van der Waals surface area (Å²) in [4.78, 5) is 28.6. The third-order valence-electron chi connectivity index (χ3n) is 3.77. The van der Waals surface area contributed by atoms with Crippen molar-refractivity contribution in [2.24, 2.45) is 5.92 Å². The summed E-state index contributed by atoms with van der Waals surface area (Å²) in [6.07, 6.45) is 2.61. The van der Waals surface area contributed by atoms with Gasteiger partial charge in [-0.05, 0) is 45.6 Å². The lowest BCUT2D eigenvalue weighted by molar-refractivity contribution is -0.385. The first-order valence-corrected chi connectivity index (χ1v) is 7.77. The molecule has 1 aromatic rings. The molecule has 1 saturated heterocycles. The van der Waals surface area contributed by atoms with Crippen LogP contribution in [0.4, 0.5) is 10.5 Å². The maximum Gasteiger partial charge on any atom is 0.410 e. The first kappa shape index (κ1) is 17.2. The summed E-state index contributed by atoms with van der Waals surface area (Å²) in [7, 11) is 0. The van der Waals surface area contributed by atoms with E-state index in [1.54, 1.807) is 11.0 Å². The highest BCUT2D eigenvalue weighted by molar-refractivity contribution is 5.69. The minimum atomic E-state index is -0.564. The van der Waals surface area contributed by atoms with E-state index in [9.17, 15) is 14.9 Å². The van der Waals surface area contributed by atoms with Crippen molar-refractivity contribution < 1.29 is 14.5 Å². The van der Waals surface area contributed by atoms with Crippen LogP contribution in [0.5, 0.6) is 0 Å². The molecule has 0 aliphatic carbocycles. The van der Waals surface area contributed by atoms with Crippen molar-refractivity contribution >= 4 is 11.8 Å². The van der Waals surface area contributed by atoms with Gasteiger partial charge in [0.1, 0.15) is 11.8 Å². The molecule has 0 spiro atoms. The molecular weight excluding hydrogens is 298 g/mol. The van der Waals surface area contributed by atoms with Crippen LogP contribution in [0.15, 0.2) is 18.3 Å². The molecule has 1 unspecified atom stereocenters. The van der Waals surface area contributed by atoms with Gasteiger partial charge in [-0.25, -0.2) is 4.79 Å². The number of carbonyl (C=O) groups is 1. The first-order chi connectivity index (χ1) is 10.7. The van der Waals surface area contributed by atoms with E-state index in [1.807, 2.05) is 20.8 Å². The molecule has 7 heteroatoms. The average Bonchev–Trinajstić information content (AvgIpc) is 2.45. The van der Waals surface area contributed by atoms with E-state index < -0.39 is 10.5 Å². The van der Waals surface area contributed by atoms with Crippen LogP contribution in [0.3, 0.4) is 0 Å². The van der Waals surface area contributed by atoms with Crippen LogP contribution in [-0.4, -0.2) is 33.0 Å². The number of nitro groups is 1. The second-order valence-electron chi connectivity index (χ2n) is 7.03. The number of rotatable bonds is 2. The maximum atomic E-state index is 12.5. The minimum absolute atomic E-state index is 0.0539. The topological polar surface area (TPSA) is 85.6 Å². The Morgan fingerprint density at radius 2 is 2.09 bits per heavy atom. The van der Waals surface area contributed by atoms with E-state index >= 15 is 0 Å². The molecule has 1 aliphatic heterocycles. The van der Waals surface area contributed by atoms with Crippen molar-refractivity contribution in [2.75, 3.05) is 6.54 Å². The molecule has 2 atom stereocenters. The number of hydrogen-bond donors (Lipinski definition) is 0. The Hall–Kier alpha value is -2.18. The molecule has 1 aromatic heterocycles. The van der Waals surface area contributed by atoms with Crippen LogP contribution in [-0.2, 0) is 4.74 Å². The van der Waals surface area contributed by atoms with Crippen LogP contribution in [0.1, 0.15) is 52.3 Å². The summed E-state index contributed by atoms with van der Waals surface area (Å²) in [5.74, 6) is 0.386. The molecule has 1 fully saturated rings. The molecule has 0 radical (unpaired) electrons. The largest absolute Gasteiger partial charge is 0.444 e. The van der Waals surface area contributed by atoms with Crippen LogP contribution in [0.2, 0.25) is 0 Å². The molecule has 0 bridgehead atoms. The van der Waals surface area contributed by atoms with E-state index in [4.69, 9.17) is 4.74 Å². The van der Waals surface area contributed by atoms with E-state index in [1.165, 1.54) is 12.3 Å². The molecule has 2 rings (SSSR count). The quantitative estimate of drug-likeness (QED) is 0.612. The lowest BCUT2D eigenvalue weighted by atomic mass is 9.92. The van der Waals surface area contributed by atoms with Crippen molar-refractivity contribution in [2.45, 2.75) is 52.2 Å². The van der Waals surface area contributed by atoms with Crippen LogP contribution < -0.4 is 0 Å². The summed E-state index contributed by atoms with van der Waals surface area (Å²) >= 11 is 0. The summed E-state index contributed by atoms with van der Waals surface area (Å²) < 4.78 is 5.49. The van der Waals surface area contributed by atoms with Gasteiger partial charge in [0, 0.05) is 12.6 Å². The molecule has 0 saturated carbocycles. The highest BCUT2D eigenvalue weighted by atomic mass is 16.6. The van der Waals surface area contributed by atoms with Crippen LogP contribution >= 0.6 is 0 Å². The fourth-order valence-electron chi connectivity index (χ4n) is 2.69. The Kier molecular flexibility index (Phi) is 4.87. The Morgan fingerprint density at radius 3 is 2.61 bits per heavy atom. The average molecular weight is 321 g/mol. The number of nitrogens with zero attached hydrogens (tertiary/aromatic N) is 3. The highest BCUT2D eigenvalue weighted by Crippen LogP contribution is 2.33. The first-order valence-electron chi connectivity index (χ1n) is 7.77. The number of ether oxygens (including phenoxy) is 1. The zero-order valence-electron chi connectivity index (χ0n) is 14.0. The summed E-state index contributed by atoms with van der Waals surface area (Å²) in [6, 6.07) is 2.84. The van der Waals surface area contributed by atoms with E-state index in [-0.39, 0.29) is 17.8 Å². The molecular formula is C16H23N3O4. The van der Waals surface area contributed by atoms with Gasteiger partial charge in [-0.1, -0.05) is 6.92 Å². The zero-order valence-corrected chi connectivity index (χ0v) is 14.0. The third-order valence-corrected chi connectivity index (χ3v) is 3.77. The van der Waals surface area contributed by atoms with Crippen molar-refractivity contribution in [3.63, 3.8) is 0 Å². The number of aromatic nitrogens is 1. The number of carbonyl (C=O) groups excluding carboxylic acids is 1. The second kappa shape index (κ2) is 6.52. The van der Waals surface area contributed by atoms with Crippen molar-refractivity contribution in [3.8, 4) is 0 Å². The predicted octanol–water partition coefficient (Wildman–Crippen LogP) is 3.70. The van der Waals surface area contributed by atoms with Crippen LogP contribution in [0.25, 0.3) is 0 Å². The van der Waals surface area contributed by atoms with Gasteiger partial charge in [0.15, 0.2) is 0 Å². The van der Waals surface area contributed by atoms with Gasteiger partial charge in [0.05, 0.1) is 16.7 Å². The molecule has 23 heavy (non-hydrogen) atoms. The second-order valence-corrected chi connectivity index (χ2v) is 7.03. The van der Waals surface area contributed by atoms with Crippen molar-refractivity contribution in [3.05, 3.63) is 34.1 Å². The van der Waals surface area contributed by atoms with E-state index in [0.29, 0.717) is 18.2 Å². The number of likely N-dealkylation sites (tertiary alicyclic amines) is 1. The zero-order chi connectivity index (χ0) is 17.2. The minimum Gasteiger partial charge on any atom is -0.444 e. The molecule has 7 nitrogen and oxygen atoms in total. The smallest absolute Gasteiger partial charge is 0.410 e. The molecule has 1 amide bonds. The van der Waals surface area contributed by atoms with Gasteiger partial charge in [0.2, 0.25) is 0 Å². The molecule has 0 aromatic carbocycles. The van der Waals surface area contributed by atoms with Gasteiger partial charge >= 0.3 is 6.09 Å². The Labute approximate surface area is 135 Å². The fraction of sp³-hybridized carbons (Fsp3) is 0.625. The number of hydrogen-bond acceptors (Lipinski definition) is 5. The highest BCUT2D eigenvalue weighted by Gasteiger charge is 2.34. The van der Waals surface area contributed by atoms with Gasteiger partial charge in [-0.2, -0.15) is 0 Å². The maximum absolute atomic E-state index is 12.5. The monoisotopic (exact) mass is 321 g/mol. The molecule has 1 aliphatic rings. The van der Waals surface area contributed by atoms with Gasteiger partial charge < -0.3 is 4.74 Å². The summed E-state index contributed by atoms with van der Waals surface area (Å²) in [6.45, 7) is 8.18. The van der Waals surface area contributed by atoms with Gasteiger partial charge in [-0.3, -0.25) is 20.0 Å². The summed E-state index contributed by atoms with van der Waals surface area (Å²) in [5.41, 5.74) is 0.0423. The van der Waals surface area contributed by atoms with Crippen LogP contribution in [0, 0.1) is 16.0 Å². The molecule has 0 N–H and O–H groups in total.